The van der Waals surface area contributed by atoms with Gasteiger partial charge >= 0.3 is 0 Å². The molecule has 36 heavy (non-hydrogen) atoms. The highest BCUT2D eigenvalue weighted by Gasteiger charge is 2.16. The van der Waals surface area contributed by atoms with Gasteiger partial charge in [0.25, 0.3) is 0 Å². The van der Waals surface area contributed by atoms with Gasteiger partial charge in [0.2, 0.25) is 5.91 Å². The third kappa shape index (κ3) is 4.63. The van der Waals surface area contributed by atoms with Crippen LogP contribution in [-0.2, 0) is 4.79 Å². The third-order valence-corrected chi connectivity index (χ3v) is 6.45. The highest BCUT2D eigenvalue weighted by molar-refractivity contribution is 6.06. The molecule has 0 unspecified atom stereocenters. The van der Waals surface area contributed by atoms with Crippen molar-refractivity contribution in [2.75, 3.05) is 11.9 Å². The smallest absolute Gasteiger partial charge is 0.248 e. The van der Waals surface area contributed by atoms with E-state index in [-0.39, 0.29) is 5.91 Å². The number of carbonyl (C=O) groups excluding carboxylic acids is 1. The number of fused-ring (bicyclic) bond motifs is 2. The molecule has 0 aliphatic carbocycles. The number of hydrogen-bond donors (Lipinski definition) is 1. The summed E-state index contributed by atoms with van der Waals surface area (Å²) in [5, 5.41) is 6.35. The van der Waals surface area contributed by atoms with Gasteiger partial charge in [0.05, 0.1) is 12.9 Å². The minimum absolute atomic E-state index is 0.177. The van der Waals surface area contributed by atoms with Crippen molar-refractivity contribution in [1.82, 2.24) is 0 Å². The Morgan fingerprint density at radius 1 is 0.972 bits per heavy atom. The molecule has 180 valence electrons. The normalized spacial score (nSPS) is 11.7. The van der Waals surface area contributed by atoms with Crippen molar-refractivity contribution >= 4 is 38.9 Å². The van der Waals surface area contributed by atoms with Crippen molar-refractivity contribution in [3.8, 4) is 16.9 Å². The lowest BCUT2D eigenvalue weighted by atomic mass is 9.97. The van der Waals surface area contributed by atoms with E-state index in [2.05, 4.69) is 47.8 Å². The first-order valence-corrected chi connectivity index (χ1v) is 12.2. The van der Waals surface area contributed by atoms with Crippen molar-refractivity contribution < 1.29 is 13.9 Å². The van der Waals surface area contributed by atoms with Crippen LogP contribution in [0.4, 0.5) is 5.69 Å². The van der Waals surface area contributed by atoms with E-state index in [0.29, 0.717) is 12.4 Å². The van der Waals surface area contributed by atoms with Crippen LogP contribution in [0.1, 0.15) is 30.5 Å². The summed E-state index contributed by atoms with van der Waals surface area (Å²) in [6.07, 6.45) is 3.42. The molecule has 4 heteroatoms. The van der Waals surface area contributed by atoms with Crippen LogP contribution in [0.15, 0.2) is 89.6 Å². The predicted molar refractivity (Wildman–Crippen MR) is 149 cm³/mol. The molecule has 0 bridgehead atoms. The van der Waals surface area contributed by atoms with Gasteiger partial charge in [-0.15, -0.1) is 0 Å². The minimum atomic E-state index is -0.177. The molecule has 0 aliphatic heterocycles. The predicted octanol–water partition coefficient (Wildman–Crippen LogP) is 8.31. The maximum atomic E-state index is 12.9. The van der Waals surface area contributed by atoms with Crippen LogP contribution in [0.25, 0.3) is 38.4 Å². The van der Waals surface area contributed by atoms with Gasteiger partial charge in [-0.05, 0) is 73.4 Å². The lowest BCUT2D eigenvalue weighted by Crippen LogP contribution is -2.10. The molecule has 0 aliphatic rings. The molecule has 0 fully saturated rings. The molecule has 1 heterocycles. The van der Waals surface area contributed by atoms with E-state index in [1.807, 2.05) is 58.0 Å². The fraction of sp³-hybridized carbons (Fsp3) is 0.156. The van der Waals surface area contributed by atoms with Crippen LogP contribution in [0.3, 0.4) is 0 Å². The number of hydrogen-bond acceptors (Lipinski definition) is 3. The van der Waals surface area contributed by atoms with E-state index < -0.39 is 0 Å². The monoisotopic (exact) mass is 475 g/mol. The van der Waals surface area contributed by atoms with Gasteiger partial charge in [0.15, 0.2) is 0 Å². The van der Waals surface area contributed by atoms with Gasteiger partial charge in [-0.3, -0.25) is 4.79 Å². The Morgan fingerprint density at radius 2 is 1.78 bits per heavy atom. The quantitative estimate of drug-likeness (QED) is 0.251. The molecular formula is C32H29NO3. The maximum Gasteiger partial charge on any atom is 0.248 e. The molecule has 1 amide bonds. The average Bonchev–Trinajstić information content (AvgIpc) is 3.28. The van der Waals surface area contributed by atoms with Gasteiger partial charge < -0.3 is 14.5 Å². The lowest BCUT2D eigenvalue weighted by molar-refractivity contribution is -0.111. The second-order valence-electron chi connectivity index (χ2n) is 9.12. The Morgan fingerprint density at radius 3 is 2.56 bits per heavy atom. The van der Waals surface area contributed by atoms with Crippen LogP contribution >= 0.6 is 0 Å². The van der Waals surface area contributed by atoms with Crippen molar-refractivity contribution in [2.45, 2.75) is 27.7 Å². The topological polar surface area (TPSA) is 51.5 Å². The van der Waals surface area contributed by atoms with E-state index in [0.717, 1.165) is 50.0 Å². The summed E-state index contributed by atoms with van der Waals surface area (Å²) in [4.78, 5) is 12.9. The molecule has 5 rings (SSSR count). The zero-order valence-electron chi connectivity index (χ0n) is 21.0. The summed E-state index contributed by atoms with van der Waals surface area (Å²) in [6.45, 7) is 8.42. The van der Waals surface area contributed by atoms with Gasteiger partial charge in [-0.2, -0.15) is 0 Å². The summed E-state index contributed by atoms with van der Waals surface area (Å²) < 4.78 is 11.9. The van der Waals surface area contributed by atoms with Crippen molar-refractivity contribution in [1.29, 1.82) is 0 Å². The van der Waals surface area contributed by atoms with Crippen LogP contribution in [0.2, 0.25) is 0 Å². The SMILES string of the molecule is CCOc1cc2occ(-c3ccc4ccccc4c3)c2cc1/C(C)=C/C(=O)Nc1ccc(C)cc1C. The van der Waals surface area contributed by atoms with Crippen LogP contribution in [-0.4, -0.2) is 12.5 Å². The van der Waals surface area contributed by atoms with Crippen molar-refractivity contribution in [2.24, 2.45) is 0 Å². The summed E-state index contributed by atoms with van der Waals surface area (Å²) in [5.41, 5.74) is 7.51. The zero-order valence-corrected chi connectivity index (χ0v) is 21.0. The van der Waals surface area contributed by atoms with Gasteiger partial charge in [0, 0.05) is 34.3 Å². The molecule has 4 nitrogen and oxygen atoms in total. The summed E-state index contributed by atoms with van der Waals surface area (Å²) in [6, 6.07) is 24.7. The zero-order chi connectivity index (χ0) is 25.2. The molecular weight excluding hydrogens is 446 g/mol. The molecule has 5 aromatic rings. The molecule has 0 saturated heterocycles. The number of amides is 1. The number of ether oxygens (including phenoxy) is 1. The fourth-order valence-electron chi connectivity index (χ4n) is 4.62. The first-order chi connectivity index (χ1) is 17.4. The third-order valence-electron chi connectivity index (χ3n) is 6.45. The number of furan rings is 1. The van der Waals surface area contributed by atoms with Crippen molar-refractivity contribution in [3.63, 3.8) is 0 Å². The maximum absolute atomic E-state index is 12.9. The Hall–Kier alpha value is -4.31. The van der Waals surface area contributed by atoms with E-state index in [4.69, 9.17) is 9.15 Å². The number of benzene rings is 4. The molecule has 0 saturated carbocycles. The molecule has 0 radical (unpaired) electrons. The summed E-state index contributed by atoms with van der Waals surface area (Å²) >= 11 is 0. The minimum Gasteiger partial charge on any atom is -0.493 e. The fourth-order valence-corrected chi connectivity index (χ4v) is 4.62. The van der Waals surface area contributed by atoms with Gasteiger partial charge in [0.1, 0.15) is 11.3 Å². The van der Waals surface area contributed by atoms with Crippen LogP contribution in [0, 0.1) is 13.8 Å². The lowest BCUT2D eigenvalue weighted by Gasteiger charge is -2.12. The Labute approximate surface area is 211 Å². The second-order valence-corrected chi connectivity index (χ2v) is 9.12. The highest BCUT2D eigenvalue weighted by Crippen LogP contribution is 2.38. The number of aryl methyl sites for hydroxylation is 2. The Bertz CT molecular complexity index is 1620. The van der Waals surface area contributed by atoms with Gasteiger partial charge in [-0.1, -0.05) is 54.1 Å². The molecule has 0 atom stereocenters. The van der Waals surface area contributed by atoms with Crippen molar-refractivity contribution in [3.05, 3.63) is 102 Å². The Kier molecular flexibility index (Phi) is 6.34. The number of allylic oxidation sites excluding steroid dienone is 1. The largest absolute Gasteiger partial charge is 0.493 e. The number of rotatable bonds is 6. The first kappa shape index (κ1) is 23.4. The summed E-state index contributed by atoms with van der Waals surface area (Å²) in [5.74, 6) is 0.515. The Balaban J connectivity index is 1.54. The summed E-state index contributed by atoms with van der Waals surface area (Å²) in [7, 11) is 0. The van der Waals surface area contributed by atoms with E-state index in [9.17, 15) is 4.79 Å². The number of carbonyl (C=O) groups is 1. The highest BCUT2D eigenvalue weighted by atomic mass is 16.5. The van der Waals surface area contributed by atoms with Gasteiger partial charge in [-0.25, -0.2) is 0 Å². The van der Waals surface area contributed by atoms with Crippen LogP contribution in [0.5, 0.6) is 5.75 Å². The molecule has 1 aromatic heterocycles. The molecule has 4 aromatic carbocycles. The molecule has 1 N–H and O–H groups in total. The van der Waals surface area contributed by atoms with E-state index in [1.165, 1.54) is 10.8 Å². The van der Waals surface area contributed by atoms with Crippen LogP contribution < -0.4 is 10.1 Å². The first-order valence-electron chi connectivity index (χ1n) is 12.2. The van der Waals surface area contributed by atoms with E-state index >= 15 is 0 Å². The number of anilines is 1. The van der Waals surface area contributed by atoms with E-state index in [1.54, 1.807) is 12.3 Å². The molecule has 0 spiro atoms. The standard InChI is InChI=1S/C32H29NO3/c1-5-35-30-18-31-27(28(19-36-31)25-12-11-23-8-6-7-9-24(23)16-25)17-26(30)21(3)15-32(34)33-29-13-10-20(2)14-22(29)4/h6-19H,5H2,1-4H3,(H,33,34)/b21-15+. The number of nitrogens with one attached hydrogen (secondary N) is 1. The average molecular weight is 476 g/mol. The second kappa shape index (κ2) is 9.74.